The molecule has 0 saturated heterocycles. The number of carbonyl (C=O) groups is 1. The van der Waals surface area contributed by atoms with E-state index in [-0.39, 0.29) is 5.82 Å². The van der Waals surface area contributed by atoms with Crippen LogP contribution in [0.2, 0.25) is 0 Å². The summed E-state index contributed by atoms with van der Waals surface area (Å²) in [5.74, 6) is -0.0741. The van der Waals surface area contributed by atoms with Crippen LogP contribution in [0.4, 0.5) is 4.39 Å². The van der Waals surface area contributed by atoms with Crippen LogP contribution in [0.25, 0.3) is 0 Å². The van der Waals surface area contributed by atoms with Crippen LogP contribution in [0.1, 0.15) is 32.8 Å². The highest BCUT2D eigenvalue weighted by atomic mass is 19.1. The summed E-state index contributed by atoms with van der Waals surface area (Å²) in [7, 11) is 0. The second-order valence-electron chi connectivity index (χ2n) is 5.24. The number of nitrogens with one attached hydrogen (secondary N) is 1. The van der Waals surface area contributed by atoms with Crippen molar-refractivity contribution in [3.8, 4) is 5.75 Å². The Morgan fingerprint density at radius 2 is 2.10 bits per heavy atom. The van der Waals surface area contributed by atoms with Crippen LogP contribution in [0.5, 0.6) is 5.75 Å². The molecule has 1 aromatic carbocycles. The number of ether oxygens (including phenoxy) is 1. The van der Waals surface area contributed by atoms with Gasteiger partial charge in [0.1, 0.15) is 11.6 Å². The van der Waals surface area contributed by atoms with Crippen LogP contribution >= 0.6 is 0 Å². The van der Waals surface area contributed by atoms with Crippen molar-refractivity contribution >= 4 is 5.91 Å². The second kappa shape index (κ2) is 7.85. The zero-order valence-electron chi connectivity index (χ0n) is 12.3. The van der Waals surface area contributed by atoms with Gasteiger partial charge in [-0.3, -0.25) is 4.79 Å². The molecule has 5 heteroatoms. The van der Waals surface area contributed by atoms with Crippen molar-refractivity contribution in [3.05, 3.63) is 29.6 Å². The predicted octanol–water partition coefficient (Wildman–Crippen LogP) is 2.21. The molecule has 0 radical (unpaired) electrons. The van der Waals surface area contributed by atoms with Gasteiger partial charge in [-0.25, -0.2) is 4.39 Å². The fourth-order valence-electron chi connectivity index (χ4n) is 1.80. The molecule has 3 N–H and O–H groups in total. The quantitative estimate of drug-likeness (QED) is 0.768. The molecule has 0 heterocycles. The highest BCUT2D eigenvalue weighted by Crippen LogP contribution is 2.18. The standard InChI is InChI=1S/C15H23FN2O2/c1-4-14(15(17)19)20-13-6-11(5-12(16)7-13)9-18-8-10(2)3/h5-7,10,14,18H,4,8-9H2,1-3H3,(H2,17,19). The molecule has 0 aliphatic carbocycles. The van der Waals surface area contributed by atoms with Gasteiger partial charge < -0.3 is 15.8 Å². The molecule has 1 amide bonds. The Labute approximate surface area is 119 Å². The number of amides is 1. The van der Waals surface area contributed by atoms with E-state index in [9.17, 15) is 9.18 Å². The summed E-state index contributed by atoms with van der Waals surface area (Å²) in [5, 5.41) is 3.23. The third-order valence-corrected chi connectivity index (χ3v) is 2.78. The minimum absolute atomic E-state index is 0.331. The molecule has 1 aromatic rings. The highest BCUT2D eigenvalue weighted by molar-refractivity contribution is 5.79. The normalized spacial score (nSPS) is 12.4. The number of halogens is 1. The van der Waals surface area contributed by atoms with Gasteiger partial charge in [-0.1, -0.05) is 20.8 Å². The lowest BCUT2D eigenvalue weighted by molar-refractivity contribution is -0.124. The van der Waals surface area contributed by atoms with E-state index in [1.54, 1.807) is 13.0 Å². The molecule has 1 rings (SSSR count). The van der Waals surface area contributed by atoms with E-state index in [2.05, 4.69) is 19.2 Å². The van der Waals surface area contributed by atoms with Crippen molar-refractivity contribution in [1.29, 1.82) is 0 Å². The second-order valence-corrected chi connectivity index (χ2v) is 5.24. The van der Waals surface area contributed by atoms with Gasteiger partial charge in [0.2, 0.25) is 0 Å². The van der Waals surface area contributed by atoms with E-state index in [4.69, 9.17) is 10.5 Å². The summed E-state index contributed by atoms with van der Waals surface area (Å²) in [6.45, 7) is 7.41. The Balaban J connectivity index is 2.72. The molecule has 0 fully saturated rings. The van der Waals surface area contributed by atoms with E-state index in [0.717, 1.165) is 12.1 Å². The first-order valence-corrected chi connectivity index (χ1v) is 6.88. The van der Waals surface area contributed by atoms with Crippen molar-refractivity contribution in [2.75, 3.05) is 6.54 Å². The van der Waals surface area contributed by atoms with Crippen molar-refractivity contribution in [3.63, 3.8) is 0 Å². The lowest BCUT2D eigenvalue weighted by atomic mass is 10.1. The third-order valence-electron chi connectivity index (χ3n) is 2.78. The predicted molar refractivity (Wildman–Crippen MR) is 76.8 cm³/mol. The molecule has 0 spiro atoms. The van der Waals surface area contributed by atoms with Crippen LogP contribution in [-0.2, 0) is 11.3 Å². The van der Waals surface area contributed by atoms with E-state index >= 15 is 0 Å². The number of rotatable bonds is 8. The van der Waals surface area contributed by atoms with Crippen molar-refractivity contribution in [2.24, 2.45) is 11.7 Å². The monoisotopic (exact) mass is 282 g/mol. The van der Waals surface area contributed by atoms with Gasteiger partial charge in [0.05, 0.1) is 0 Å². The van der Waals surface area contributed by atoms with E-state index < -0.39 is 12.0 Å². The first-order chi connectivity index (χ1) is 9.42. The minimum Gasteiger partial charge on any atom is -0.481 e. The molecule has 20 heavy (non-hydrogen) atoms. The van der Waals surface area contributed by atoms with Gasteiger partial charge in [0, 0.05) is 12.6 Å². The van der Waals surface area contributed by atoms with Gasteiger partial charge in [0.25, 0.3) is 5.91 Å². The van der Waals surface area contributed by atoms with Crippen molar-refractivity contribution < 1.29 is 13.9 Å². The molecule has 1 atom stereocenters. The number of primary amides is 1. The summed E-state index contributed by atoms with van der Waals surface area (Å²) >= 11 is 0. The summed E-state index contributed by atoms with van der Waals surface area (Å²) in [6, 6.07) is 4.44. The summed E-state index contributed by atoms with van der Waals surface area (Å²) < 4.78 is 19.0. The molecule has 4 nitrogen and oxygen atoms in total. The zero-order valence-corrected chi connectivity index (χ0v) is 12.3. The molecule has 0 aliphatic rings. The first kappa shape index (κ1) is 16.4. The van der Waals surface area contributed by atoms with Gasteiger partial charge in [-0.2, -0.15) is 0 Å². The Morgan fingerprint density at radius 1 is 1.40 bits per heavy atom. The Bertz CT molecular complexity index is 449. The Kier molecular flexibility index (Phi) is 6.45. The number of carbonyl (C=O) groups excluding carboxylic acids is 1. The lowest BCUT2D eigenvalue weighted by Gasteiger charge is -2.15. The van der Waals surface area contributed by atoms with Crippen LogP contribution in [0, 0.1) is 11.7 Å². The number of benzene rings is 1. The maximum atomic E-state index is 13.5. The Hall–Kier alpha value is -1.62. The van der Waals surface area contributed by atoms with Gasteiger partial charge >= 0.3 is 0 Å². The van der Waals surface area contributed by atoms with Crippen molar-refractivity contribution in [1.82, 2.24) is 5.32 Å². The number of nitrogens with two attached hydrogens (primary N) is 1. The van der Waals surface area contributed by atoms with Crippen LogP contribution in [-0.4, -0.2) is 18.6 Å². The lowest BCUT2D eigenvalue weighted by Crippen LogP contribution is -2.33. The van der Waals surface area contributed by atoms with Crippen LogP contribution in [0.15, 0.2) is 18.2 Å². The zero-order chi connectivity index (χ0) is 15.1. The van der Waals surface area contributed by atoms with Gasteiger partial charge in [-0.15, -0.1) is 0 Å². The molecule has 0 bridgehead atoms. The fraction of sp³-hybridized carbons (Fsp3) is 0.533. The maximum Gasteiger partial charge on any atom is 0.258 e. The van der Waals surface area contributed by atoms with Gasteiger partial charge in [-0.05, 0) is 36.6 Å². The third kappa shape index (κ3) is 5.57. The summed E-state index contributed by atoms with van der Waals surface area (Å²) in [4.78, 5) is 11.1. The molecule has 112 valence electrons. The molecule has 0 aliphatic heterocycles. The maximum absolute atomic E-state index is 13.5. The Morgan fingerprint density at radius 3 is 2.65 bits per heavy atom. The molecule has 1 unspecified atom stereocenters. The summed E-state index contributed by atoms with van der Waals surface area (Å²) in [5.41, 5.74) is 5.99. The average molecular weight is 282 g/mol. The SMILES string of the molecule is CCC(Oc1cc(F)cc(CNCC(C)C)c1)C(N)=O. The number of hydrogen-bond acceptors (Lipinski definition) is 3. The first-order valence-electron chi connectivity index (χ1n) is 6.88. The minimum atomic E-state index is -0.728. The van der Waals surface area contributed by atoms with Gasteiger partial charge in [0.15, 0.2) is 6.10 Å². The van der Waals surface area contributed by atoms with Crippen LogP contribution in [0.3, 0.4) is 0 Å². The van der Waals surface area contributed by atoms with Crippen LogP contribution < -0.4 is 15.8 Å². The topological polar surface area (TPSA) is 64.3 Å². The molecule has 0 aromatic heterocycles. The highest BCUT2D eigenvalue weighted by Gasteiger charge is 2.15. The molecule has 0 saturated carbocycles. The largest absolute Gasteiger partial charge is 0.481 e. The number of hydrogen-bond donors (Lipinski definition) is 2. The molecular formula is C15H23FN2O2. The smallest absolute Gasteiger partial charge is 0.258 e. The van der Waals surface area contributed by atoms with E-state index in [1.807, 2.05) is 0 Å². The fourth-order valence-corrected chi connectivity index (χ4v) is 1.80. The molecular weight excluding hydrogens is 259 g/mol. The summed E-state index contributed by atoms with van der Waals surface area (Å²) in [6.07, 6.45) is -0.277. The van der Waals surface area contributed by atoms with Crippen molar-refractivity contribution in [2.45, 2.75) is 39.8 Å². The van der Waals surface area contributed by atoms with E-state index in [0.29, 0.717) is 24.6 Å². The van der Waals surface area contributed by atoms with E-state index in [1.165, 1.54) is 12.1 Å². The average Bonchev–Trinajstić information content (AvgIpc) is 2.34.